The van der Waals surface area contributed by atoms with E-state index in [0.717, 1.165) is 61.5 Å². The van der Waals surface area contributed by atoms with E-state index in [0.29, 0.717) is 11.9 Å². The van der Waals surface area contributed by atoms with Crippen molar-refractivity contribution in [2.45, 2.75) is 59.8 Å². The van der Waals surface area contributed by atoms with Crippen molar-refractivity contribution in [2.75, 3.05) is 22.9 Å². The van der Waals surface area contributed by atoms with Gasteiger partial charge in [0.2, 0.25) is 11.9 Å². The number of allylic oxidation sites excluding steroid dienone is 1. The Morgan fingerprint density at radius 2 is 1.36 bits per heavy atom. The molecule has 4 aromatic rings. The van der Waals surface area contributed by atoms with E-state index < -0.39 is 0 Å². The van der Waals surface area contributed by atoms with Crippen molar-refractivity contribution in [3.05, 3.63) is 124 Å². The average Bonchev–Trinajstić information content (AvgIpc) is 3.74. The zero-order valence-electron chi connectivity index (χ0n) is 27.1. The van der Waals surface area contributed by atoms with Gasteiger partial charge in [-0.15, -0.1) is 0 Å². The Labute approximate surface area is 268 Å². The second-order valence-corrected chi connectivity index (χ2v) is 11.5. The van der Waals surface area contributed by atoms with E-state index in [2.05, 4.69) is 118 Å². The van der Waals surface area contributed by atoms with Gasteiger partial charge < -0.3 is 21.3 Å². The zero-order valence-corrected chi connectivity index (χ0v) is 27.1. The molecule has 0 aromatic heterocycles. The molecule has 0 unspecified atom stereocenters. The number of guanidine groups is 2. The maximum absolute atomic E-state index is 6.33. The molecule has 0 amide bonds. The molecule has 6 nitrogen and oxygen atoms in total. The quantitative estimate of drug-likeness (QED) is 0.166. The minimum absolute atomic E-state index is 0.537. The minimum atomic E-state index is 0.537. The van der Waals surface area contributed by atoms with E-state index in [9.17, 15) is 0 Å². The predicted octanol–water partition coefficient (Wildman–Crippen LogP) is 8.25. The summed E-state index contributed by atoms with van der Waals surface area (Å²) in [5, 5.41) is 0. The van der Waals surface area contributed by atoms with Crippen LogP contribution in [0.15, 0.2) is 101 Å². The van der Waals surface area contributed by atoms with E-state index in [4.69, 9.17) is 21.5 Å². The number of benzene rings is 4. The van der Waals surface area contributed by atoms with Gasteiger partial charge >= 0.3 is 0 Å². The van der Waals surface area contributed by atoms with Gasteiger partial charge in [0.05, 0.1) is 11.4 Å². The van der Waals surface area contributed by atoms with Crippen LogP contribution in [0.5, 0.6) is 0 Å². The lowest BCUT2D eigenvalue weighted by atomic mass is 10.1. The summed E-state index contributed by atoms with van der Waals surface area (Å²) in [7, 11) is 0. The Balaban J connectivity index is 0.000000178. The first kappa shape index (κ1) is 31.6. The van der Waals surface area contributed by atoms with E-state index in [-0.39, 0.29) is 0 Å². The van der Waals surface area contributed by atoms with E-state index >= 15 is 0 Å². The molecule has 6 rings (SSSR count). The highest BCUT2D eigenvalue weighted by Crippen LogP contribution is 2.31. The van der Waals surface area contributed by atoms with Crippen LogP contribution >= 0.6 is 0 Å². The molecule has 0 bridgehead atoms. The van der Waals surface area contributed by atoms with Crippen molar-refractivity contribution < 1.29 is 0 Å². The Kier molecular flexibility index (Phi) is 10.4. The number of fused-ring (bicyclic) bond motifs is 2. The molecular weight excluding hydrogens is 552 g/mol. The smallest absolute Gasteiger partial charge is 0.201 e. The number of aryl methyl sites for hydroxylation is 3. The predicted molar refractivity (Wildman–Crippen MR) is 193 cm³/mol. The number of aliphatic imine (C=N–C) groups is 2. The lowest BCUT2D eigenvalue weighted by Crippen LogP contribution is -2.37. The molecule has 4 aromatic carbocycles. The first-order valence-electron chi connectivity index (χ1n) is 16.2. The third-order valence-corrected chi connectivity index (χ3v) is 8.55. The fourth-order valence-corrected chi connectivity index (χ4v) is 6.07. The average molecular weight is 599 g/mol. The van der Waals surface area contributed by atoms with Crippen LogP contribution in [-0.2, 0) is 25.7 Å². The Hall–Kier alpha value is -4.84. The summed E-state index contributed by atoms with van der Waals surface area (Å²) < 4.78 is 0. The highest BCUT2D eigenvalue weighted by Gasteiger charge is 2.16. The molecule has 45 heavy (non-hydrogen) atoms. The van der Waals surface area contributed by atoms with Gasteiger partial charge in [0.1, 0.15) is 0 Å². The Morgan fingerprint density at radius 1 is 0.711 bits per heavy atom. The number of anilines is 2. The normalized spacial score (nSPS) is 13.6. The molecule has 0 spiro atoms. The van der Waals surface area contributed by atoms with Crippen molar-refractivity contribution >= 4 is 40.7 Å². The van der Waals surface area contributed by atoms with Gasteiger partial charge in [0, 0.05) is 30.0 Å². The van der Waals surface area contributed by atoms with E-state index in [1.807, 2.05) is 17.0 Å². The van der Waals surface area contributed by atoms with Crippen LogP contribution in [0.25, 0.3) is 6.08 Å². The lowest BCUT2D eigenvalue weighted by Gasteiger charge is -2.22. The van der Waals surface area contributed by atoms with E-state index in [1.54, 1.807) is 0 Å². The van der Waals surface area contributed by atoms with E-state index in [1.165, 1.54) is 39.8 Å². The Bertz CT molecular complexity index is 1700. The number of hydrogen-bond acceptors (Lipinski definition) is 2. The molecule has 0 saturated heterocycles. The van der Waals surface area contributed by atoms with Gasteiger partial charge in [-0.2, -0.15) is 0 Å². The van der Waals surface area contributed by atoms with Gasteiger partial charge in [0.25, 0.3) is 0 Å². The van der Waals surface area contributed by atoms with Crippen molar-refractivity contribution in [3.63, 3.8) is 0 Å². The first-order valence-corrected chi connectivity index (χ1v) is 16.2. The van der Waals surface area contributed by atoms with Crippen LogP contribution in [0.1, 0.15) is 60.6 Å². The Morgan fingerprint density at radius 3 is 2.07 bits per heavy atom. The maximum Gasteiger partial charge on any atom is 0.201 e. The van der Waals surface area contributed by atoms with Crippen LogP contribution in [-0.4, -0.2) is 25.0 Å². The molecule has 0 heterocycles. The number of nitrogens with zero attached hydrogens (tertiary/aromatic N) is 4. The molecule has 2 aliphatic carbocycles. The van der Waals surface area contributed by atoms with Gasteiger partial charge in [-0.25, -0.2) is 9.98 Å². The monoisotopic (exact) mass is 598 g/mol. The highest BCUT2D eigenvalue weighted by molar-refractivity contribution is 5.97. The first-order chi connectivity index (χ1) is 21.9. The van der Waals surface area contributed by atoms with Crippen LogP contribution in [0.4, 0.5) is 22.7 Å². The maximum atomic E-state index is 6.33. The summed E-state index contributed by atoms with van der Waals surface area (Å²) in [4.78, 5) is 13.5. The summed E-state index contributed by atoms with van der Waals surface area (Å²) in [5.41, 5.74) is 24.6. The summed E-state index contributed by atoms with van der Waals surface area (Å²) >= 11 is 0. The lowest BCUT2D eigenvalue weighted by molar-refractivity contribution is 0.911. The fourth-order valence-electron chi connectivity index (χ4n) is 6.07. The minimum Gasteiger partial charge on any atom is -0.369 e. The molecule has 0 aliphatic heterocycles. The van der Waals surface area contributed by atoms with Gasteiger partial charge in [-0.1, -0.05) is 73.2 Å². The molecular formula is C39H46N6. The summed E-state index contributed by atoms with van der Waals surface area (Å²) in [6.45, 7) is 10.0. The molecule has 0 saturated carbocycles. The van der Waals surface area contributed by atoms with Crippen LogP contribution < -0.4 is 21.3 Å². The molecule has 232 valence electrons. The molecule has 0 atom stereocenters. The number of hydrogen-bond donors (Lipinski definition) is 2. The number of rotatable bonds is 7. The number of nitrogens with two attached hydrogens (primary N) is 2. The molecule has 6 heteroatoms. The van der Waals surface area contributed by atoms with Gasteiger partial charge in [-0.3, -0.25) is 0 Å². The van der Waals surface area contributed by atoms with Crippen molar-refractivity contribution in [3.8, 4) is 0 Å². The topological polar surface area (TPSA) is 83.2 Å². The van der Waals surface area contributed by atoms with Crippen molar-refractivity contribution in [2.24, 2.45) is 21.5 Å². The SMILES string of the molecule is CCN(C(N)=Nc1cccc2c1CCC2)c1ccc(C)cc1.CCc1cccc(N(CC)C(N)=Nc2cccc3c2C=CC3)c1. The van der Waals surface area contributed by atoms with Gasteiger partial charge in [-0.05, 0) is 112 Å². The standard InChI is InChI=1S/C20H23N3.C19H23N3/c1-3-15-8-5-11-17(14-15)23(4-2)20(21)22-19-13-7-10-16-9-6-12-18(16)19;1-3-22(16-12-10-14(2)11-13-16)19(20)21-18-9-5-7-15-6-4-8-17(15)18/h5-8,10-14H,3-4,9H2,1-2H3,(H2,21,22);5,7,9-13H,3-4,6,8H2,1-2H3,(H2,20,21). The second kappa shape index (κ2) is 14.8. The molecule has 0 radical (unpaired) electrons. The summed E-state index contributed by atoms with van der Waals surface area (Å²) in [6.07, 6.45) is 9.79. The second-order valence-electron chi connectivity index (χ2n) is 11.5. The fraction of sp³-hybridized carbons (Fsp3) is 0.282. The largest absolute Gasteiger partial charge is 0.369 e. The summed E-state index contributed by atoms with van der Waals surface area (Å²) in [6, 6.07) is 29.4. The van der Waals surface area contributed by atoms with Gasteiger partial charge in [0.15, 0.2) is 0 Å². The summed E-state index contributed by atoms with van der Waals surface area (Å²) in [5.74, 6) is 1.10. The van der Waals surface area contributed by atoms with Crippen LogP contribution in [0.2, 0.25) is 0 Å². The molecule has 0 fully saturated rings. The van der Waals surface area contributed by atoms with Crippen molar-refractivity contribution in [1.29, 1.82) is 0 Å². The molecule has 4 N–H and O–H groups in total. The van der Waals surface area contributed by atoms with Crippen LogP contribution in [0.3, 0.4) is 0 Å². The highest BCUT2D eigenvalue weighted by atomic mass is 15.3. The third kappa shape index (κ3) is 7.46. The molecule has 2 aliphatic rings. The van der Waals surface area contributed by atoms with Crippen molar-refractivity contribution in [1.82, 2.24) is 0 Å². The third-order valence-electron chi connectivity index (χ3n) is 8.55. The van der Waals surface area contributed by atoms with Crippen LogP contribution in [0, 0.1) is 6.92 Å². The zero-order chi connectivity index (χ0) is 31.8.